The molecule has 0 spiro atoms. The standard InChI is InChI=1S/C26H40N6O5S/c1-25(5-6-25)37-24(33)30-11-3-21(4-12-30)19-36-23-18-27-22(17-28-23)29-13-15-32(16-14-29)38(34,35)20-26(7-8-26)31-9-2-10-31/h17-18,21H,2-16,19-20H2,1H3. The molecule has 1 amide bonds. The van der Waals surface area contributed by atoms with Gasteiger partial charge in [0, 0.05) is 44.8 Å². The number of rotatable bonds is 9. The minimum Gasteiger partial charge on any atom is -0.476 e. The van der Waals surface area contributed by atoms with Gasteiger partial charge in [-0.25, -0.2) is 23.2 Å². The van der Waals surface area contributed by atoms with Crippen molar-refractivity contribution < 1.29 is 22.7 Å². The monoisotopic (exact) mass is 548 g/mol. The smallest absolute Gasteiger partial charge is 0.410 e. The van der Waals surface area contributed by atoms with E-state index in [1.165, 1.54) is 6.42 Å². The van der Waals surface area contributed by atoms with E-state index in [0.717, 1.165) is 57.4 Å². The van der Waals surface area contributed by atoms with Crippen LogP contribution in [-0.2, 0) is 14.8 Å². The molecule has 12 heteroatoms. The van der Waals surface area contributed by atoms with E-state index in [1.807, 2.05) is 6.92 Å². The first-order valence-electron chi connectivity index (χ1n) is 14.1. The van der Waals surface area contributed by atoms with Crippen LogP contribution in [0.25, 0.3) is 0 Å². The summed E-state index contributed by atoms with van der Waals surface area (Å²) >= 11 is 0. The van der Waals surface area contributed by atoms with Gasteiger partial charge in [-0.2, -0.15) is 4.31 Å². The summed E-state index contributed by atoms with van der Waals surface area (Å²) in [7, 11) is -3.26. The molecule has 3 aliphatic heterocycles. The molecule has 11 nitrogen and oxygen atoms in total. The molecular formula is C26H40N6O5S. The Hall–Kier alpha value is -2.18. The Morgan fingerprint density at radius 3 is 2.24 bits per heavy atom. The fourth-order valence-electron chi connectivity index (χ4n) is 5.70. The molecule has 0 atom stereocenters. The number of anilines is 1. The quantitative estimate of drug-likeness (QED) is 0.457. The minimum absolute atomic E-state index is 0.0904. The molecule has 1 aromatic heterocycles. The molecule has 1 aromatic rings. The predicted molar refractivity (Wildman–Crippen MR) is 142 cm³/mol. The van der Waals surface area contributed by atoms with Crippen LogP contribution in [0.2, 0.25) is 0 Å². The van der Waals surface area contributed by atoms with Gasteiger partial charge in [0.25, 0.3) is 0 Å². The molecule has 2 saturated carbocycles. The van der Waals surface area contributed by atoms with Crippen LogP contribution < -0.4 is 9.64 Å². The molecule has 0 bridgehead atoms. The van der Waals surface area contributed by atoms with Gasteiger partial charge in [0.15, 0.2) is 0 Å². The van der Waals surface area contributed by atoms with E-state index < -0.39 is 10.0 Å². The third kappa shape index (κ3) is 5.72. The molecule has 4 heterocycles. The third-order valence-corrected chi connectivity index (χ3v) is 11.1. The third-order valence-electron chi connectivity index (χ3n) is 9.00. The van der Waals surface area contributed by atoms with Crippen LogP contribution in [0.3, 0.4) is 0 Å². The predicted octanol–water partition coefficient (Wildman–Crippen LogP) is 1.95. The highest BCUT2D eigenvalue weighted by molar-refractivity contribution is 7.89. The Labute approximate surface area is 225 Å². The van der Waals surface area contributed by atoms with Gasteiger partial charge >= 0.3 is 6.09 Å². The fraction of sp³-hybridized carbons (Fsp3) is 0.808. The van der Waals surface area contributed by atoms with Crippen LogP contribution in [0, 0.1) is 5.92 Å². The average molecular weight is 549 g/mol. The number of piperidine rings is 1. The first kappa shape index (κ1) is 26.1. The lowest BCUT2D eigenvalue weighted by atomic mass is 9.98. The van der Waals surface area contributed by atoms with E-state index in [9.17, 15) is 13.2 Å². The van der Waals surface area contributed by atoms with Crippen molar-refractivity contribution in [2.75, 3.05) is 69.6 Å². The van der Waals surface area contributed by atoms with Gasteiger partial charge in [0.05, 0.1) is 24.8 Å². The number of carbonyl (C=O) groups excluding carboxylic acids is 1. The maximum Gasteiger partial charge on any atom is 0.410 e. The number of hydrogen-bond donors (Lipinski definition) is 0. The van der Waals surface area contributed by atoms with Gasteiger partial charge in [-0.05, 0) is 70.9 Å². The average Bonchev–Trinajstić information content (AvgIpc) is 3.81. The van der Waals surface area contributed by atoms with Crippen molar-refractivity contribution in [3.05, 3.63) is 12.4 Å². The Bertz CT molecular complexity index is 1100. The molecule has 0 aromatic carbocycles. The van der Waals surface area contributed by atoms with Crippen LogP contribution in [-0.4, -0.2) is 114 Å². The summed E-state index contributed by atoms with van der Waals surface area (Å²) in [5.41, 5.74) is -0.326. The fourth-order valence-corrected chi connectivity index (χ4v) is 7.75. The maximum atomic E-state index is 13.1. The van der Waals surface area contributed by atoms with E-state index in [-0.39, 0.29) is 23.0 Å². The number of aromatic nitrogens is 2. The Morgan fingerprint density at radius 2 is 1.68 bits per heavy atom. The van der Waals surface area contributed by atoms with Gasteiger partial charge in [-0.3, -0.25) is 4.90 Å². The number of hydrogen-bond acceptors (Lipinski definition) is 9. The van der Waals surface area contributed by atoms with Crippen molar-refractivity contribution in [1.29, 1.82) is 0 Å². The van der Waals surface area contributed by atoms with Gasteiger partial charge < -0.3 is 19.3 Å². The van der Waals surface area contributed by atoms with Crippen molar-refractivity contribution in [2.24, 2.45) is 5.92 Å². The van der Waals surface area contributed by atoms with Crippen molar-refractivity contribution in [1.82, 2.24) is 24.1 Å². The summed E-state index contributed by atoms with van der Waals surface area (Å²) in [5.74, 6) is 1.85. The normalized spacial score (nSPS) is 25.5. The first-order chi connectivity index (χ1) is 18.2. The topological polar surface area (TPSA) is 108 Å². The molecule has 0 unspecified atom stereocenters. The number of carbonyl (C=O) groups is 1. The second-order valence-electron chi connectivity index (χ2n) is 12.0. The lowest BCUT2D eigenvalue weighted by Crippen LogP contribution is -2.55. The number of ether oxygens (including phenoxy) is 2. The number of likely N-dealkylation sites (tertiary alicyclic amines) is 2. The molecule has 210 valence electrons. The molecule has 5 aliphatic rings. The summed E-state index contributed by atoms with van der Waals surface area (Å²) in [6, 6.07) is 0. The largest absolute Gasteiger partial charge is 0.476 e. The highest BCUT2D eigenvalue weighted by Gasteiger charge is 2.53. The van der Waals surface area contributed by atoms with Crippen molar-refractivity contribution in [2.45, 2.75) is 63.0 Å². The van der Waals surface area contributed by atoms with E-state index in [2.05, 4.69) is 19.8 Å². The lowest BCUT2D eigenvalue weighted by Gasteiger charge is -2.40. The van der Waals surface area contributed by atoms with Gasteiger partial charge in [0.1, 0.15) is 11.4 Å². The Kier molecular flexibility index (Phi) is 6.92. The summed E-state index contributed by atoms with van der Waals surface area (Å²) < 4.78 is 39.3. The van der Waals surface area contributed by atoms with Gasteiger partial charge in [-0.1, -0.05) is 0 Å². The molecule has 0 radical (unpaired) electrons. The summed E-state index contributed by atoms with van der Waals surface area (Å²) in [6.07, 6.45) is 10.0. The molecular weight excluding hydrogens is 508 g/mol. The summed E-state index contributed by atoms with van der Waals surface area (Å²) in [4.78, 5) is 27.5. The van der Waals surface area contributed by atoms with Crippen molar-refractivity contribution >= 4 is 21.9 Å². The van der Waals surface area contributed by atoms with Gasteiger partial charge in [0.2, 0.25) is 15.9 Å². The zero-order chi connectivity index (χ0) is 26.4. The zero-order valence-electron chi connectivity index (χ0n) is 22.4. The number of sulfonamides is 1. The van der Waals surface area contributed by atoms with E-state index >= 15 is 0 Å². The van der Waals surface area contributed by atoms with E-state index in [1.54, 1.807) is 21.6 Å². The van der Waals surface area contributed by atoms with E-state index in [0.29, 0.717) is 57.7 Å². The summed E-state index contributed by atoms with van der Waals surface area (Å²) in [5, 5.41) is 0. The van der Waals surface area contributed by atoms with E-state index in [4.69, 9.17) is 9.47 Å². The van der Waals surface area contributed by atoms with Crippen LogP contribution >= 0.6 is 0 Å². The van der Waals surface area contributed by atoms with Crippen LogP contribution in [0.4, 0.5) is 10.6 Å². The van der Waals surface area contributed by atoms with Crippen LogP contribution in [0.5, 0.6) is 5.88 Å². The zero-order valence-corrected chi connectivity index (χ0v) is 23.2. The van der Waals surface area contributed by atoms with Crippen LogP contribution in [0.15, 0.2) is 12.4 Å². The molecule has 6 rings (SSSR count). The van der Waals surface area contributed by atoms with Crippen LogP contribution in [0.1, 0.15) is 51.9 Å². The van der Waals surface area contributed by atoms with Crippen molar-refractivity contribution in [3.63, 3.8) is 0 Å². The second kappa shape index (κ2) is 10.1. The molecule has 0 N–H and O–H groups in total. The highest BCUT2D eigenvalue weighted by atomic mass is 32.2. The Balaban J connectivity index is 0.924. The van der Waals surface area contributed by atoms with Gasteiger partial charge in [-0.15, -0.1) is 0 Å². The molecule has 38 heavy (non-hydrogen) atoms. The first-order valence-corrected chi connectivity index (χ1v) is 15.8. The SMILES string of the molecule is CC1(OC(=O)N2CCC(COc3cnc(N4CCN(S(=O)(=O)CC5(N6CCC6)CC5)CC4)cn3)CC2)CC1. The molecule has 2 aliphatic carbocycles. The Morgan fingerprint density at radius 1 is 0.974 bits per heavy atom. The highest BCUT2D eigenvalue weighted by Crippen LogP contribution is 2.45. The molecule has 5 fully saturated rings. The number of amides is 1. The number of piperazine rings is 1. The molecule has 3 saturated heterocycles. The van der Waals surface area contributed by atoms with Crippen molar-refractivity contribution in [3.8, 4) is 5.88 Å². The summed E-state index contributed by atoms with van der Waals surface area (Å²) in [6.45, 7) is 8.14. The maximum absolute atomic E-state index is 13.1. The second-order valence-corrected chi connectivity index (χ2v) is 13.9. The minimum atomic E-state index is -3.26. The lowest BCUT2D eigenvalue weighted by molar-refractivity contribution is 0.0454. The number of nitrogens with zero attached hydrogens (tertiary/aromatic N) is 6.